The van der Waals surface area contributed by atoms with E-state index in [2.05, 4.69) is 82.4 Å². The van der Waals surface area contributed by atoms with Gasteiger partial charge in [-0.15, -0.1) is 0 Å². The van der Waals surface area contributed by atoms with Crippen LogP contribution in [0.2, 0.25) is 0 Å². The zero-order valence-electron chi connectivity index (χ0n) is 12.7. The fraction of sp³-hybridized carbons (Fsp3) is 0.444. The molecule has 1 N–H and O–H groups in total. The maximum Gasteiger partial charge on any atom is 0.0384 e. The largest absolute Gasteiger partial charge is 0.356 e. The predicted octanol–water partition coefficient (Wildman–Crippen LogP) is 5.12. The van der Waals surface area contributed by atoms with Crippen molar-refractivity contribution >= 4 is 5.69 Å². The molecule has 0 saturated carbocycles. The highest BCUT2D eigenvalue weighted by molar-refractivity contribution is 5.53. The van der Waals surface area contributed by atoms with Crippen molar-refractivity contribution in [3.05, 3.63) is 53.8 Å². The smallest absolute Gasteiger partial charge is 0.0384 e. The second kappa shape index (κ2) is 5.24. The summed E-state index contributed by atoms with van der Waals surface area (Å²) in [5.41, 5.74) is 3.96. The van der Waals surface area contributed by atoms with Crippen LogP contribution in [0.1, 0.15) is 40.2 Å². The van der Waals surface area contributed by atoms with Gasteiger partial charge in [-0.2, -0.15) is 0 Å². The molecule has 1 aliphatic carbocycles. The first-order valence-electron chi connectivity index (χ1n) is 7.14. The number of allylic oxidation sites excluding steroid dienone is 3. The van der Waals surface area contributed by atoms with Crippen LogP contribution in [-0.4, -0.2) is 0 Å². The average molecular weight is 255 g/mol. The quantitative estimate of drug-likeness (QED) is 0.790. The molecular weight excluding hydrogens is 230 g/mol. The van der Waals surface area contributed by atoms with E-state index >= 15 is 0 Å². The number of rotatable bonds is 3. The van der Waals surface area contributed by atoms with E-state index in [9.17, 15) is 0 Å². The van der Waals surface area contributed by atoms with E-state index in [0.29, 0.717) is 11.8 Å². The average Bonchev–Trinajstić information content (AvgIpc) is 2.77. The second-order valence-corrected chi connectivity index (χ2v) is 6.75. The molecule has 0 spiro atoms. The molecule has 0 saturated heterocycles. The summed E-state index contributed by atoms with van der Waals surface area (Å²) in [4.78, 5) is 0. The molecule has 0 aliphatic heterocycles. The Balaban J connectivity index is 2.06. The van der Waals surface area contributed by atoms with E-state index in [-0.39, 0.29) is 5.41 Å². The Kier molecular flexibility index (Phi) is 3.84. The Bertz CT molecular complexity index is 483. The van der Waals surface area contributed by atoms with Gasteiger partial charge in [-0.3, -0.25) is 0 Å². The fourth-order valence-corrected chi connectivity index (χ4v) is 2.25. The Labute approximate surface area is 117 Å². The van der Waals surface area contributed by atoms with Crippen LogP contribution in [-0.2, 0) is 5.41 Å². The summed E-state index contributed by atoms with van der Waals surface area (Å²) in [6.07, 6.45) is 6.77. The van der Waals surface area contributed by atoms with Crippen LogP contribution in [0, 0.1) is 11.8 Å². The van der Waals surface area contributed by atoms with Gasteiger partial charge in [0.15, 0.2) is 0 Å². The first-order valence-corrected chi connectivity index (χ1v) is 7.14. The molecule has 1 atom stereocenters. The lowest BCUT2D eigenvalue weighted by Gasteiger charge is -2.19. The maximum absolute atomic E-state index is 3.48. The first-order chi connectivity index (χ1) is 8.86. The number of nitrogens with one attached hydrogen (secondary N) is 1. The molecule has 2 rings (SSSR count). The van der Waals surface area contributed by atoms with Gasteiger partial charge in [-0.25, -0.2) is 0 Å². The summed E-state index contributed by atoms with van der Waals surface area (Å²) in [6.45, 7) is 11.2. The van der Waals surface area contributed by atoms with Crippen LogP contribution in [0.25, 0.3) is 0 Å². The molecule has 1 aromatic carbocycles. The number of hydrogen-bond donors (Lipinski definition) is 1. The van der Waals surface area contributed by atoms with Gasteiger partial charge in [0, 0.05) is 11.4 Å². The third kappa shape index (κ3) is 3.50. The summed E-state index contributed by atoms with van der Waals surface area (Å²) in [6, 6.07) is 8.75. The molecule has 1 unspecified atom stereocenters. The van der Waals surface area contributed by atoms with Gasteiger partial charge in [0.25, 0.3) is 0 Å². The van der Waals surface area contributed by atoms with Crippen molar-refractivity contribution in [2.75, 3.05) is 5.32 Å². The SMILES string of the molecule is CC(C)C1C=CC(Nc2ccc(C(C)(C)C)cc2)=C1. The Hall–Kier alpha value is -1.50. The minimum atomic E-state index is 0.216. The Morgan fingerprint density at radius 2 is 1.68 bits per heavy atom. The monoisotopic (exact) mass is 255 g/mol. The Morgan fingerprint density at radius 3 is 2.16 bits per heavy atom. The van der Waals surface area contributed by atoms with Gasteiger partial charge in [-0.1, -0.05) is 58.9 Å². The summed E-state index contributed by atoms with van der Waals surface area (Å²) in [5, 5.41) is 3.48. The highest BCUT2D eigenvalue weighted by Crippen LogP contribution is 2.26. The van der Waals surface area contributed by atoms with Gasteiger partial charge in [0.05, 0.1) is 0 Å². The predicted molar refractivity (Wildman–Crippen MR) is 84.3 cm³/mol. The lowest BCUT2D eigenvalue weighted by Crippen LogP contribution is -2.10. The minimum absolute atomic E-state index is 0.216. The van der Waals surface area contributed by atoms with Gasteiger partial charge in [-0.05, 0) is 41.0 Å². The van der Waals surface area contributed by atoms with Gasteiger partial charge >= 0.3 is 0 Å². The zero-order chi connectivity index (χ0) is 14.0. The van der Waals surface area contributed by atoms with Gasteiger partial charge in [0.1, 0.15) is 0 Å². The van der Waals surface area contributed by atoms with Crippen LogP contribution in [0.15, 0.2) is 48.2 Å². The van der Waals surface area contributed by atoms with Crippen LogP contribution in [0.5, 0.6) is 0 Å². The molecule has 0 fully saturated rings. The van der Waals surface area contributed by atoms with Crippen molar-refractivity contribution in [2.24, 2.45) is 11.8 Å². The van der Waals surface area contributed by atoms with Crippen LogP contribution in [0.4, 0.5) is 5.69 Å². The highest BCUT2D eigenvalue weighted by Gasteiger charge is 2.14. The molecule has 1 aromatic rings. The third-order valence-electron chi connectivity index (χ3n) is 3.68. The molecule has 0 bridgehead atoms. The number of hydrogen-bond acceptors (Lipinski definition) is 1. The van der Waals surface area contributed by atoms with Crippen LogP contribution >= 0.6 is 0 Å². The molecule has 0 heterocycles. The lowest BCUT2D eigenvalue weighted by atomic mass is 9.87. The van der Waals surface area contributed by atoms with Crippen molar-refractivity contribution in [3.8, 4) is 0 Å². The molecule has 19 heavy (non-hydrogen) atoms. The van der Waals surface area contributed by atoms with Crippen molar-refractivity contribution in [1.29, 1.82) is 0 Å². The molecule has 0 radical (unpaired) electrons. The van der Waals surface area contributed by atoms with E-state index in [1.165, 1.54) is 11.3 Å². The zero-order valence-corrected chi connectivity index (χ0v) is 12.7. The lowest BCUT2D eigenvalue weighted by molar-refractivity contribution is 0.554. The summed E-state index contributed by atoms with van der Waals surface area (Å²) in [5.74, 6) is 1.23. The normalized spacial score (nSPS) is 18.8. The number of anilines is 1. The summed E-state index contributed by atoms with van der Waals surface area (Å²) >= 11 is 0. The molecular formula is C18H25N. The van der Waals surface area contributed by atoms with Crippen molar-refractivity contribution in [3.63, 3.8) is 0 Å². The van der Waals surface area contributed by atoms with E-state index < -0.39 is 0 Å². The van der Waals surface area contributed by atoms with E-state index in [1.807, 2.05) is 0 Å². The van der Waals surface area contributed by atoms with Crippen molar-refractivity contribution in [2.45, 2.75) is 40.0 Å². The molecule has 0 aromatic heterocycles. The fourth-order valence-electron chi connectivity index (χ4n) is 2.25. The standard InChI is InChI=1S/C18H25N/c1-13(2)14-6-9-17(12-14)19-16-10-7-15(8-11-16)18(3,4)5/h6-14,19H,1-5H3. The Morgan fingerprint density at radius 1 is 1.05 bits per heavy atom. The molecule has 102 valence electrons. The van der Waals surface area contributed by atoms with E-state index in [0.717, 1.165) is 5.69 Å². The van der Waals surface area contributed by atoms with Crippen molar-refractivity contribution in [1.82, 2.24) is 0 Å². The first kappa shape index (κ1) is 13.9. The summed E-state index contributed by atoms with van der Waals surface area (Å²) in [7, 11) is 0. The van der Waals surface area contributed by atoms with Crippen LogP contribution in [0.3, 0.4) is 0 Å². The number of benzene rings is 1. The van der Waals surface area contributed by atoms with Gasteiger partial charge < -0.3 is 5.32 Å². The second-order valence-electron chi connectivity index (χ2n) is 6.75. The van der Waals surface area contributed by atoms with Gasteiger partial charge in [0.2, 0.25) is 0 Å². The molecule has 0 amide bonds. The molecule has 1 nitrogen and oxygen atoms in total. The third-order valence-corrected chi connectivity index (χ3v) is 3.68. The molecule has 1 heteroatoms. The molecule has 1 aliphatic rings. The van der Waals surface area contributed by atoms with Crippen LogP contribution < -0.4 is 5.32 Å². The summed E-state index contributed by atoms with van der Waals surface area (Å²) < 4.78 is 0. The maximum atomic E-state index is 3.48. The van der Waals surface area contributed by atoms with Crippen molar-refractivity contribution < 1.29 is 0 Å². The van der Waals surface area contributed by atoms with E-state index in [1.54, 1.807) is 0 Å². The highest BCUT2D eigenvalue weighted by atomic mass is 14.9. The van der Waals surface area contributed by atoms with E-state index in [4.69, 9.17) is 0 Å². The minimum Gasteiger partial charge on any atom is -0.356 e. The topological polar surface area (TPSA) is 12.0 Å².